The molecule has 2 heterocycles. The summed E-state index contributed by atoms with van der Waals surface area (Å²) in [6, 6.07) is 9.95. The SMILES string of the molecule is CC(C)Cn1c(SCCCOc2ccccc2)nnc1N1CCOCC1. The van der Waals surface area contributed by atoms with Crippen molar-refractivity contribution < 1.29 is 9.47 Å². The zero-order valence-electron chi connectivity index (χ0n) is 15.6. The maximum absolute atomic E-state index is 5.76. The van der Waals surface area contributed by atoms with Gasteiger partial charge in [-0.15, -0.1) is 10.2 Å². The van der Waals surface area contributed by atoms with Crippen molar-refractivity contribution in [1.29, 1.82) is 0 Å². The van der Waals surface area contributed by atoms with E-state index in [0.717, 1.165) is 61.9 Å². The fourth-order valence-corrected chi connectivity index (χ4v) is 3.69. The topological polar surface area (TPSA) is 52.4 Å². The Kier molecular flexibility index (Phi) is 7.20. The molecule has 1 fully saturated rings. The predicted octanol–water partition coefficient (Wildman–Crippen LogP) is 3.33. The Morgan fingerprint density at radius 1 is 1.15 bits per heavy atom. The van der Waals surface area contributed by atoms with Gasteiger partial charge in [-0.2, -0.15) is 0 Å². The second-order valence-corrected chi connectivity index (χ2v) is 7.81. The molecule has 0 aliphatic carbocycles. The molecule has 2 aromatic rings. The van der Waals surface area contributed by atoms with Crippen LogP contribution in [0.5, 0.6) is 5.75 Å². The minimum atomic E-state index is 0.548. The Bertz CT molecular complexity index is 657. The molecular formula is C19H28N4O2S. The molecule has 0 atom stereocenters. The second-order valence-electron chi connectivity index (χ2n) is 6.75. The zero-order chi connectivity index (χ0) is 18.2. The van der Waals surface area contributed by atoms with Gasteiger partial charge in [-0.25, -0.2) is 0 Å². The molecule has 0 unspecified atom stereocenters. The van der Waals surface area contributed by atoms with Crippen LogP contribution in [0.25, 0.3) is 0 Å². The van der Waals surface area contributed by atoms with Crippen molar-refractivity contribution in [3.8, 4) is 5.75 Å². The second kappa shape index (κ2) is 9.83. The Morgan fingerprint density at radius 3 is 2.65 bits per heavy atom. The zero-order valence-corrected chi connectivity index (χ0v) is 16.5. The molecule has 3 rings (SSSR count). The van der Waals surface area contributed by atoms with Gasteiger partial charge in [0.2, 0.25) is 5.95 Å². The van der Waals surface area contributed by atoms with Crippen LogP contribution < -0.4 is 9.64 Å². The van der Waals surface area contributed by atoms with Gasteiger partial charge in [0.25, 0.3) is 0 Å². The van der Waals surface area contributed by atoms with Gasteiger partial charge in [-0.05, 0) is 24.5 Å². The van der Waals surface area contributed by atoms with Crippen LogP contribution in [0, 0.1) is 5.92 Å². The molecule has 1 aromatic carbocycles. The third-order valence-electron chi connectivity index (χ3n) is 4.07. The number of benzene rings is 1. The number of thioether (sulfide) groups is 1. The lowest BCUT2D eigenvalue weighted by molar-refractivity contribution is 0.121. The molecule has 26 heavy (non-hydrogen) atoms. The van der Waals surface area contributed by atoms with Crippen LogP contribution in [0.2, 0.25) is 0 Å². The molecule has 1 aromatic heterocycles. The van der Waals surface area contributed by atoms with Crippen molar-refractivity contribution in [2.24, 2.45) is 5.92 Å². The van der Waals surface area contributed by atoms with Gasteiger partial charge in [0.1, 0.15) is 5.75 Å². The van der Waals surface area contributed by atoms with Crippen molar-refractivity contribution >= 4 is 17.7 Å². The quantitative estimate of drug-likeness (QED) is 0.494. The number of hydrogen-bond donors (Lipinski definition) is 0. The fraction of sp³-hybridized carbons (Fsp3) is 0.579. The highest BCUT2D eigenvalue weighted by molar-refractivity contribution is 7.99. The number of hydrogen-bond acceptors (Lipinski definition) is 6. The molecule has 0 N–H and O–H groups in total. The molecule has 0 bridgehead atoms. The first-order chi connectivity index (χ1) is 12.7. The summed E-state index contributed by atoms with van der Waals surface area (Å²) in [5.74, 6) is 3.42. The minimum Gasteiger partial charge on any atom is -0.494 e. The van der Waals surface area contributed by atoms with E-state index in [-0.39, 0.29) is 0 Å². The van der Waals surface area contributed by atoms with Gasteiger partial charge in [0.05, 0.1) is 19.8 Å². The normalized spacial score (nSPS) is 14.8. The van der Waals surface area contributed by atoms with Gasteiger partial charge in [0, 0.05) is 25.4 Å². The highest BCUT2D eigenvalue weighted by Gasteiger charge is 2.21. The highest BCUT2D eigenvalue weighted by atomic mass is 32.2. The van der Waals surface area contributed by atoms with Crippen molar-refractivity contribution in [2.75, 3.05) is 43.6 Å². The van der Waals surface area contributed by atoms with Crippen LogP contribution in [-0.2, 0) is 11.3 Å². The molecule has 7 heteroatoms. The molecule has 1 saturated heterocycles. The van der Waals surface area contributed by atoms with E-state index in [2.05, 4.69) is 33.5 Å². The number of ether oxygens (including phenoxy) is 2. The lowest BCUT2D eigenvalue weighted by atomic mass is 10.2. The van der Waals surface area contributed by atoms with Crippen molar-refractivity contribution in [1.82, 2.24) is 14.8 Å². The first-order valence-corrected chi connectivity index (χ1v) is 10.3. The number of nitrogens with zero attached hydrogens (tertiary/aromatic N) is 4. The minimum absolute atomic E-state index is 0.548. The molecule has 1 aliphatic heterocycles. The van der Waals surface area contributed by atoms with Crippen molar-refractivity contribution in [3.63, 3.8) is 0 Å². The maximum Gasteiger partial charge on any atom is 0.228 e. The Hall–Kier alpha value is -1.73. The number of para-hydroxylation sites is 1. The number of morpholine rings is 1. The molecule has 6 nitrogen and oxygen atoms in total. The summed E-state index contributed by atoms with van der Waals surface area (Å²) in [6.45, 7) is 9.38. The third kappa shape index (κ3) is 5.38. The lowest BCUT2D eigenvalue weighted by Crippen LogP contribution is -2.38. The third-order valence-corrected chi connectivity index (χ3v) is 5.12. The van der Waals surface area contributed by atoms with E-state index in [4.69, 9.17) is 9.47 Å². The summed E-state index contributed by atoms with van der Waals surface area (Å²) in [6.07, 6.45) is 0.973. The summed E-state index contributed by atoms with van der Waals surface area (Å²) in [4.78, 5) is 2.28. The molecule has 0 amide bonds. The van der Waals surface area contributed by atoms with Gasteiger partial charge in [-0.3, -0.25) is 4.57 Å². The van der Waals surface area contributed by atoms with Crippen molar-refractivity contribution in [3.05, 3.63) is 30.3 Å². The molecule has 0 radical (unpaired) electrons. The number of aromatic nitrogens is 3. The standard InChI is InChI=1S/C19H28N4O2S/c1-16(2)15-23-18(22-9-12-24-13-10-22)20-21-19(23)26-14-6-11-25-17-7-4-3-5-8-17/h3-5,7-8,16H,6,9-15H2,1-2H3. The van der Waals surface area contributed by atoms with E-state index in [0.29, 0.717) is 12.5 Å². The summed E-state index contributed by atoms with van der Waals surface area (Å²) in [5.41, 5.74) is 0. The maximum atomic E-state index is 5.76. The lowest BCUT2D eigenvalue weighted by Gasteiger charge is -2.28. The average Bonchev–Trinajstić information content (AvgIpc) is 3.05. The number of anilines is 1. The van der Waals surface area contributed by atoms with Crippen LogP contribution >= 0.6 is 11.8 Å². The van der Waals surface area contributed by atoms with Crippen molar-refractivity contribution in [2.45, 2.75) is 32.0 Å². The van der Waals surface area contributed by atoms with Crippen LogP contribution in [0.15, 0.2) is 35.5 Å². The average molecular weight is 377 g/mol. The first-order valence-electron chi connectivity index (χ1n) is 9.30. The molecule has 0 saturated carbocycles. The highest BCUT2D eigenvalue weighted by Crippen LogP contribution is 2.24. The predicted molar refractivity (Wildman–Crippen MR) is 105 cm³/mol. The Balaban J connectivity index is 1.53. The Labute approximate surface area is 159 Å². The largest absolute Gasteiger partial charge is 0.494 e. The van der Waals surface area contributed by atoms with E-state index in [1.807, 2.05) is 30.3 Å². The molecule has 1 aliphatic rings. The van der Waals surface area contributed by atoms with Crippen LogP contribution in [0.1, 0.15) is 20.3 Å². The van der Waals surface area contributed by atoms with E-state index >= 15 is 0 Å². The molecular weight excluding hydrogens is 348 g/mol. The smallest absolute Gasteiger partial charge is 0.228 e. The Morgan fingerprint density at radius 2 is 1.92 bits per heavy atom. The fourth-order valence-electron chi connectivity index (χ4n) is 2.84. The molecule has 0 spiro atoms. The van der Waals surface area contributed by atoms with E-state index in [1.54, 1.807) is 11.8 Å². The van der Waals surface area contributed by atoms with Crippen LogP contribution in [0.3, 0.4) is 0 Å². The summed E-state index contributed by atoms with van der Waals surface area (Å²) in [7, 11) is 0. The summed E-state index contributed by atoms with van der Waals surface area (Å²) < 4.78 is 13.5. The summed E-state index contributed by atoms with van der Waals surface area (Å²) in [5, 5.41) is 9.92. The summed E-state index contributed by atoms with van der Waals surface area (Å²) >= 11 is 1.76. The molecule has 142 valence electrons. The number of rotatable bonds is 9. The first kappa shape index (κ1) is 19.0. The van der Waals surface area contributed by atoms with E-state index < -0.39 is 0 Å². The monoisotopic (exact) mass is 376 g/mol. The van der Waals surface area contributed by atoms with Gasteiger partial charge in [0.15, 0.2) is 5.16 Å². The van der Waals surface area contributed by atoms with Crippen LogP contribution in [0.4, 0.5) is 5.95 Å². The van der Waals surface area contributed by atoms with E-state index in [1.165, 1.54) is 0 Å². The van der Waals surface area contributed by atoms with Crippen LogP contribution in [-0.4, -0.2) is 53.4 Å². The van der Waals surface area contributed by atoms with E-state index in [9.17, 15) is 0 Å². The van der Waals surface area contributed by atoms with Gasteiger partial charge < -0.3 is 14.4 Å². The van der Waals surface area contributed by atoms with Gasteiger partial charge >= 0.3 is 0 Å². The van der Waals surface area contributed by atoms with Gasteiger partial charge in [-0.1, -0.05) is 43.8 Å².